The fraction of sp³-hybridized carbons (Fsp3) is 0.409. The van der Waals surface area contributed by atoms with Crippen LogP contribution in [0.25, 0.3) is 16.7 Å². The Kier molecular flexibility index (Phi) is 5.28. The quantitative estimate of drug-likeness (QED) is 0.642. The molecule has 1 amide bonds. The maximum absolute atomic E-state index is 13.4. The first-order chi connectivity index (χ1) is 15.0. The summed E-state index contributed by atoms with van der Waals surface area (Å²) in [6.07, 6.45) is 6.44. The first kappa shape index (κ1) is 20.5. The molecule has 5 rings (SSSR count). The molecule has 2 fully saturated rings. The van der Waals surface area contributed by atoms with Crippen LogP contribution in [0, 0.1) is 0 Å². The maximum Gasteiger partial charge on any atom is 0.255 e. The first-order valence-corrected chi connectivity index (χ1v) is 11.3. The molecule has 0 saturated carbocycles. The molecule has 2 N–H and O–H groups in total. The predicted octanol–water partition coefficient (Wildman–Crippen LogP) is 3.96. The van der Waals surface area contributed by atoms with Gasteiger partial charge >= 0.3 is 0 Å². The third kappa shape index (κ3) is 3.45. The number of likely N-dealkylation sites (tertiary alicyclic amines) is 2. The topological polar surface area (TPSA) is 80.3 Å². The number of halogens is 2. The number of rotatable bonds is 3. The predicted molar refractivity (Wildman–Crippen MR) is 123 cm³/mol. The fourth-order valence-electron chi connectivity index (χ4n) is 4.72. The van der Waals surface area contributed by atoms with E-state index in [0.29, 0.717) is 16.4 Å². The second-order valence-corrected chi connectivity index (χ2v) is 9.19. The highest BCUT2D eigenvalue weighted by Gasteiger charge is 2.32. The van der Waals surface area contributed by atoms with Crippen LogP contribution >= 0.6 is 23.2 Å². The summed E-state index contributed by atoms with van der Waals surface area (Å²) in [5.74, 6) is 0.965. The van der Waals surface area contributed by atoms with Crippen LogP contribution in [0.1, 0.15) is 41.1 Å². The smallest absolute Gasteiger partial charge is 0.255 e. The zero-order valence-electron chi connectivity index (χ0n) is 17.3. The van der Waals surface area contributed by atoms with Crippen LogP contribution in [0.4, 0.5) is 5.82 Å². The fourth-order valence-corrected chi connectivity index (χ4v) is 5.20. The van der Waals surface area contributed by atoms with Gasteiger partial charge in [0.25, 0.3) is 5.91 Å². The van der Waals surface area contributed by atoms with Gasteiger partial charge in [-0.05, 0) is 56.5 Å². The van der Waals surface area contributed by atoms with Gasteiger partial charge < -0.3 is 15.5 Å². The minimum atomic E-state index is 0.0263. The third-order valence-corrected chi connectivity index (χ3v) is 7.06. The molecule has 4 heterocycles. The van der Waals surface area contributed by atoms with Crippen LogP contribution < -0.4 is 5.73 Å². The summed E-state index contributed by atoms with van der Waals surface area (Å²) in [7, 11) is 2.12. The van der Waals surface area contributed by atoms with Gasteiger partial charge in [-0.15, -0.1) is 0 Å². The number of nitrogen functional groups attached to an aromatic ring is 1. The van der Waals surface area contributed by atoms with Gasteiger partial charge in [-0.25, -0.2) is 9.97 Å². The largest absolute Gasteiger partial charge is 0.382 e. The Morgan fingerprint density at radius 1 is 1.19 bits per heavy atom. The zero-order chi connectivity index (χ0) is 21.7. The number of carbonyl (C=O) groups is 1. The molecular weight excluding hydrogens is 435 g/mol. The molecule has 1 aromatic carbocycles. The van der Waals surface area contributed by atoms with E-state index < -0.39 is 0 Å². The number of nitrogens with two attached hydrogens (primary N) is 1. The van der Waals surface area contributed by atoms with Crippen molar-refractivity contribution in [3.63, 3.8) is 0 Å². The van der Waals surface area contributed by atoms with Crippen LogP contribution in [0.5, 0.6) is 0 Å². The standard InChI is InChI=1S/C22H24Cl2N6O/c1-28-6-2-4-13(11-28)17-14-5-9-30(21-19(24)20(25)26-12-27-21)16(14)10-15(23)18(17)22(31)29-7-3-8-29/h5,9-10,12-13H,2-4,6-8,11H2,1H3,(H2,25,26,27). The summed E-state index contributed by atoms with van der Waals surface area (Å²) in [5, 5.41) is 1.75. The lowest BCUT2D eigenvalue weighted by molar-refractivity contribution is 0.0650. The van der Waals surface area contributed by atoms with Gasteiger partial charge in [0.1, 0.15) is 17.2 Å². The molecule has 0 aliphatic carbocycles. The Bertz CT molecular complexity index is 1170. The summed E-state index contributed by atoms with van der Waals surface area (Å²) in [5.41, 5.74) is 8.43. The molecule has 2 aliphatic heterocycles. The minimum absolute atomic E-state index is 0.0263. The van der Waals surface area contributed by atoms with E-state index in [9.17, 15) is 4.79 Å². The number of benzene rings is 1. The monoisotopic (exact) mass is 458 g/mol. The van der Waals surface area contributed by atoms with E-state index in [-0.39, 0.29) is 22.7 Å². The Balaban J connectivity index is 1.74. The van der Waals surface area contributed by atoms with Crippen LogP contribution in [0.2, 0.25) is 10.0 Å². The van der Waals surface area contributed by atoms with Crippen molar-refractivity contribution in [2.75, 3.05) is 39.0 Å². The molecule has 0 bridgehead atoms. The molecule has 0 spiro atoms. The first-order valence-electron chi connectivity index (χ1n) is 10.5. The molecule has 162 valence electrons. The Morgan fingerprint density at radius 3 is 2.71 bits per heavy atom. The number of anilines is 1. The summed E-state index contributed by atoms with van der Waals surface area (Å²) in [4.78, 5) is 25.9. The summed E-state index contributed by atoms with van der Waals surface area (Å²) >= 11 is 13.2. The average Bonchev–Trinajstić information content (AvgIpc) is 3.10. The summed E-state index contributed by atoms with van der Waals surface area (Å²) in [6.45, 7) is 3.52. The minimum Gasteiger partial charge on any atom is -0.382 e. The maximum atomic E-state index is 13.4. The van der Waals surface area contributed by atoms with Crippen LogP contribution in [-0.4, -0.2) is 63.5 Å². The average molecular weight is 459 g/mol. The van der Waals surface area contributed by atoms with Gasteiger partial charge in [0.15, 0.2) is 5.82 Å². The van der Waals surface area contributed by atoms with Crippen LogP contribution in [0.3, 0.4) is 0 Å². The molecule has 31 heavy (non-hydrogen) atoms. The second kappa shape index (κ2) is 7.97. The van der Waals surface area contributed by atoms with Crippen LogP contribution in [0.15, 0.2) is 24.7 Å². The number of carbonyl (C=O) groups excluding carboxylic acids is 1. The second-order valence-electron chi connectivity index (χ2n) is 8.41. The van der Waals surface area contributed by atoms with E-state index in [1.54, 1.807) is 0 Å². The lowest BCUT2D eigenvalue weighted by Gasteiger charge is -2.35. The van der Waals surface area contributed by atoms with Gasteiger partial charge in [-0.3, -0.25) is 9.36 Å². The Hall–Kier alpha value is -2.35. The number of fused-ring (bicyclic) bond motifs is 1. The van der Waals surface area contributed by atoms with Crippen molar-refractivity contribution in [1.29, 1.82) is 0 Å². The van der Waals surface area contributed by atoms with Crippen molar-refractivity contribution in [2.45, 2.75) is 25.2 Å². The molecular formula is C22H24Cl2N6O. The lowest BCUT2D eigenvalue weighted by atomic mass is 9.85. The van der Waals surface area contributed by atoms with Gasteiger partial charge in [0.2, 0.25) is 0 Å². The number of piperidine rings is 1. The molecule has 9 heteroatoms. The van der Waals surface area contributed by atoms with Gasteiger partial charge in [0.05, 0.1) is 16.1 Å². The number of amides is 1. The number of hydrogen-bond donors (Lipinski definition) is 1. The SMILES string of the molecule is CN1CCCC(c2c(C(=O)N3CCC3)c(Cl)cc3c2ccn3-c2ncnc(N)c2Cl)C1. The van der Waals surface area contributed by atoms with Gasteiger partial charge in [-0.2, -0.15) is 0 Å². The molecule has 1 unspecified atom stereocenters. The summed E-state index contributed by atoms with van der Waals surface area (Å²) in [6, 6.07) is 3.87. The molecule has 7 nitrogen and oxygen atoms in total. The lowest BCUT2D eigenvalue weighted by Crippen LogP contribution is -2.43. The third-order valence-electron chi connectivity index (χ3n) is 6.40. The van der Waals surface area contributed by atoms with Crippen molar-refractivity contribution in [1.82, 2.24) is 24.3 Å². The molecule has 1 atom stereocenters. The Labute approximate surface area is 190 Å². The summed E-state index contributed by atoms with van der Waals surface area (Å²) < 4.78 is 1.87. The van der Waals surface area contributed by atoms with E-state index >= 15 is 0 Å². The van der Waals surface area contributed by atoms with E-state index in [0.717, 1.165) is 61.9 Å². The zero-order valence-corrected chi connectivity index (χ0v) is 18.8. The Morgan fingerprint density at radius 2 is 2.00 bits per heavy atom. The van der Waals surface area contributed by atoms with Crippen molar-refractivity contribution < 1.29 is 4.79 Å². The van der Waals surface area contributed by atoms with Crippen molar-refractivity contribution in [2.24, 2.45) is 0 Å². The number of likely N-dealkylation sites (N-methyl/N-ethyl adjacent to an activating group) is 1. The van der Waals surface area contributed by atoms with Crippen molar-refractivity contribution in [3.05, 3.63) is 45.8 Å². The van der Waals surface area contributed by atoms with Gasteiger partial charge in [-0.1, -0.05) is 23.2 Å². The highest BCUT2D eigenvalue weighted by atomic mass is 35.5. The van der Waals surface area contributed by atoms with Crippen LogP contribution in [-0.2, 0) is 0 Å². The highest BCUT2D eigenvalue weighted by Crippen LogP contribution is 2.40. The number of aromatic nitrogens is 3. The molecule has 0 radical (unpaired) electrons. The van der Waals surface area contributed by atoms with E-state index in [1.807, 2.05) is 27.8 Å². The number of nitrogens with zero attached hydrogens (tertiary/aromatic N) is 5. The van der Waals surface area contributed by atoms with Gasteiger partial charge in [0, 0.05) is 31.2 Å². The normalized spacial score (nSPS) is 19.6. The van der Waals surface area contributed by atoms with Crippen molar-refractivity contribution in [3.8, 4) is 5.82 Å². The highest BCUT2D eigenvalue weighted by molar-refractivity contribution is 6.35. The van der Waals surface area contributed by atoms with E-state index in [2.05, 4.69) is 21.9 Å². The number of hydrogen-bond acceptors (Lipinski definition) is 5. The van der Waals surface area contributed by atoms with E-state index in [4.69, 9.17) is 28.9 Å². The van der Waals surface area contributed by atoms with E-state index in [1.165, 1.54) is 6.33 Å². The molecule has 2 aromatic heterocycles. The van der Waals surface area contributed by atoms with Crippen molar-refractivity contribution >= 4 is 45.8 Å². The molecule has 3 aromatic rings. The molecule has 2 saturated heterocycles. The molecule has 2 aliphatic rings.